The molecule has 0 radical (unpaired) electrons. The minimum atomic E-state index is -4.41. The number of nitrogens with one attached hydrogen (secondary N) is 1. The van der Waals surface area contributed by atoms with Gasteiger partial charge in [0.05, 0.1) is 0 Å². The maximum Gasteiger partial charge on any atom is 0.405 e. The topological polar surface area (TPSA) is 33.0 Å². The molecule has 0 unspecified atom stereocenters. The smallest absolute Gasteiger partial charge is 0.341 e. The van der Waals surface area contributed by atoms with Crippen LogP contribution < -0.4 is 9.88 Å². The van der Waals surface area contributed by atoms with Crippen LogP contribution in [-0.4, -0.2) is 18.6 Å². The molecule has 2 rings (SSSR count). The number of alkyl halides is 3. The molecule has 0 aliphatic heterocycles. The van der Waals surface area contributed by atoms with Gasteiger partial charge in [-0.15, -0.1) is 0 Å². The van der Waals surface area contributed by atoms with E-state index in [-0.39, 0.29) is 0 Å². The van der Waals surface area contributed by atoms with Crippen LogP contribution in [0.3, 0.4) is 0 Å². The second kappa shape index (κ2) is 6.60. The molecule has 6 heteroatoms. The molecule has 0 aliphatic carbocycles. The molecule has 0 saturated carbocycles. The van der Waals surface area contributed by atoms with Crippen LogP contribution >= 0.6 is 0 Å². The molecular weight excluding hydrogens is 293 g/mol. The Morgan fingerprint density at radius 3 is 2.41 bits per heavy atom. The molecule has 116 valence electrons. The lowest BCUT2D eigenvalue weighted by atomic mass is 10.1. The molecule has 22 heavy (non-hydrogen) atoms. The van der Waals surface area contributed by atoms with Gasteiger partial charge in [0, 0.05) is 18.6 Å². The summed E-state index contributed by atoms with van der Waals surface area (Å²) in [6.45, 7) is 0.232. The second-order valence-electron chi connectivity index (χ2n) is 4.91. The van der Waals surface area contributed by atoms with E-state index in [9.17, 15) is 18.0 Å². The van der Waals surface area contributed by atoms with E-state index in [0.29, 0.717) is 0 Å². The van der Waals surface area contributed by atoms with Gasteiger partial charge in [0.1, 0.15) is 6.54 Å². The fraction of sp³-hybridized carbons (Fsp3) is 0.250. The van der Waals surface area contributed by atoms with E-state index < -0.39 is 24.7 Å². The number of rotatable bonds is 4. The summed E-state index contributed by atoms with van der Waals surface area (Å²) in [5.41, 5.74) is 1.86. The Hall–Kier alpha value is -2.37. The molecule has 1 N–H and O–H groups in total. The SMILES string of the molecule is C[C@@H](C(=O)NCC(F)(F)F)[n+]1cccc(-c2ccccc2)c1. The van der Waals surface area contributed by atoms with Crippen molar-refractivity contribution in [3.8, 4) is 11.1 Å². The highest BCUT2D eigenvalue weighted by Gasteiger charge is 2.30. The Kier molecular flexibility index (Phi) is 4.80. The molecule has 1 atom stereocenters. The number of nitrogens with zero attached hydrogens (tertiary/aromatic N) is 1. The van der Waals surface area contributed by atoms with Crippen molar-refractivity contribution >= 4 is 5.91 Å². The minimum Gasteiger partial charge on any atom is -0.341 e. The molecule has 1 aromatic carbocycles. The highest BCUT2D eigenvalue weighted by Crippen LogP contribution is 2.17. The minimum absolute atomic E-state index is 0.674. The van der Waals surface area contributed by atoms with Crippen molar-refractivity contribution < 1.29 is 22.5 Å². The van der Waals surface area contributed by atoms with Crippen molar-refractivity contribution in [3.05, 3.63) is 54.9 Å². The summed E-state index contributed by atoms with van der Waals surface area (Å²) in [7, 11) is 0. The lowest BCUT2D eigenvalue weighted by molar-refractivity contribution is -0.705. The Labute approximate surface area is 126 Å². The van der Waals surface area contributed by atoms with Crippen LogP contribution in [0.1, 0.15) is 13.0 Å². The average molecular weight is 309 g/mol. The largest absolute Gasteiger partial charge is 0.405 e. The number of benzene rings is 1. The number of carbonyl (C=O) groups is 1. The van der Waals surface area contributed by atoms with Gasteiger partial charge in [0.15, 0.2) is 12.4 Å². The van der Waals surface area contributed by atoms with E-state index in [1.54, 1.807) is 30.0 Å². The molecule has 0 fully saturated rings. The summed E-state index contributed by atoms with van der Waals surface area (Å²) in [5.74, 6) is -0.674. The third-order valence-corrected chi connectivity index (χ3v) is 3.22. The number of halogens is 3. The zero-order chi connectivity index (χ0) is 16.2. The number of hydrogen-bond acceptors (Lipinski definition) is 1. The van der Waals surface area contributed by atoms with Crippen LogP contribution in [-0.2, 0) is 4.79 Å². The van der Waals surface area contributed by atoms with E-state index >= 15 is 0 Å². The van der Waals surface area contributed by atoms with Crippen molar-refractivity contribution in [2.45, 2.75) is 19.1 Å². The highest BCUT2D eigenvalue weighted by atomic mass is 19.4. The first kappa shape index (κ1) is 16.0. The zero-order valence-electron chi connectivity index (χ0n) is 12.0. The summed E-state index contributed by atoms with van der Waals surface area (Å²) in [6.07, 6.45) is -1.01. The van der Waals surface area contributed by atoms with Gasteiger partial charge in [-0.05, 0) is 11.6 Å². The number of pyridine rings is 1. The molecule has 1 amide bonds. The Morgan fingerprint density at radius 1 is 1.14 bits per heavy atom. The molecule has 0 spiro atoms. The quantitative estimate of drug-likeness (QED) is 0.866. The van der Waals surface area contributed by atoms with Crippen LogP contribution in [0, 0.1) is 0 Å². The maximum absolute atomic E-state index is 12.1. The van der Waals surface area contributed by atoms with Gasteiger partial charge in [-0.1, -0.05) is 30.3 Å². The third kappa shape index (κ3) is 4.31. The average Bonchev–Trinajstić information content (AvgIpc) is 2.52. The lowest BCUT2D eigenvalue weighted by Gasteiger charge is -2.11. The Balaban J connectivity index is 2.14. The molecule has 1 aromatic heterocycles. The van der Waals surface area contributed by atoms with E-state index in [0.717, 1.165) is 11.1 Å². The summed E-state index contributed by atoms with van der Waals surface area (Å²) in [6, 6.07) is 12.4. The van der Waals surface area contributed by atoms with Crippen molar-refractivity contribution in [1.29, 1.82) is 0 Å². The number of carbonyl (C=O) groups excluding carboxylic acids is 1. The summed E-state index contributed by atoms with van der Waals surface area (Å²) < 4.78 is 38.0. The molecular formula is C16H16F3N2O+. The zero-order valence-corrected chi connectivity index (χ0v) is 12.0. The van der Waals surface area contributed by atoms with E-state index in [1.807, 2.05) is 41.7 Å². The van der Waals surface area contributed by atoms with Crippen LogP contribution in [0.25, 0.3) is 11.1 Å². The van der Waals surface area contributed by atoms with Crippen molar-refractivity contribution in [2.75, 3.05) is 6.54 Å². The van der Waals surface area contributed by atoms with Gasteiger partial charge < -0.3 is 5.32 Å². The van der Waals surface area contributed by atoms with Crippen molar-refractivity contribution in [2.24, 2.45) is 0 Å². The van der Waals surface area contributed by atoms with Gasteiger partial charge in [0.25, 0.3) is 5.91 Å². The Morgan fingerprint density at radius 2 is 1.77 bits per heavy atom. The summed E-state index contributed by atoms with van der Waals surface area (Å²) in [5, 5.41) is 1.90. The van der Waals surface area contributed by atoms with Gasteiger partial charge in [-0.25, -0.2) is 0 Å². The third-order valence-electron chi connectivity index (χ3n) is 3.22. The standard InChI is InChI=1S/C16H15F3N2O/c1-12(15(22)20-11-16(17,18)19)21-9-5-8-14(10-21)13-6-3-2-4-7-13/h2-10,12H,11H2,1H3/p+1/t12-/m0/s1. The van der Waals surface area contributed by atoms with Crippen LogP contribution in [0.15, 0.2) is 54.9 Å². The number of aromatic nitrogens is 1. The van der Waals surface area contributed by atoms with Gasteiger partial charge in [0.2, 0.25) is 6.04 Å². The molecule has 1 heterocycles. The first-order valence-corrected chi connectivity index (χ1v) is 6.77. The second-order valence-corrected chi connectivity index (χ2v) is 4.91. The summed E-state index contributed by atoms with van der Waals surface area (Å²) in [4.78, 5) is 11.8. The van der Waals surface area contributed by atoms with E-state index in [4.69, 9.17) is 0 Å². The predicted molar refractivity (Wildman–Crippen MR) is 75.8 cm³/mol. The highest BCUT2D eigenvalue weighted by molar-refractivity contribution is 5.78. The van der Waals surface area contributed by atoms with Crippen molar-refractivity contribution in [3.63, 3.8) is 0 Å². The fourth-order valence-corrected chi connectivity index (χ4v) is 2.01. The predicted octanol–water partition coefficient (Wildman–Crippen LogP) is 2.88. The molecule has 0 aliphatic rings. The monoisotopic (exact) mass is 309 g/mol. The van der Waals surface area contributed by atoms with Gasteiger partial charge in [-0.2, -0.15) is 17.7 Å². The lowest BCUT2D eigenvalue weighted by Crippen LogP contribution is -2.48. The van der Waals surface area contributed by atoms with Crippen LogP contribution in [0.2, 0.25) is 0 Å². The van der Waals surface area contributed by atoms with Gasteiger partial charge in [-0.3, -0.25) is 4.79 Å². The van der Waals surface area contributed by atoms with Crippen molar-refractivity contribution in [1.82, 2.24) is 5.32 Å². The molecule has 0 bridgehead atoms. The van der Waals surface area contributed by atoms with E-state index in [2.05, 4.69) is 0 Å². The summed E-state index contributed by atoms with van der Waals surface area (Å²) >= 11 is 0. The molecule has 3 nitrogen and oxygen atoms in total. The van der Waals surface area contributed by atoms with Crippen LogP contribution in [0.5, 0.6) is 0 Å². The van der Waals surface area contributed by atoms with Gasteiger partial charge >= 0.3 is 6.18 Å². The Bertz CT molecular complexity index is 641. The first-order valence-electron chi connectivity index (χ1n) is 6.77. The molecule has 2 aromatic rings. The number of amides is 1. The molecule has 0 saturated heterocycles. The normalized spacial score (nSPS) is 12.7. The van der Waals surface area contributed by atoms with E-state index in [1.165, 1.54) is 0 Å². The maximum atomic E-state index is 12.1. The first-order chi connectivity index (χ1) is 10.4. The fourth-order valence-electron chi connectivity index (χ4n) is 2.01. The van der Waals surface area contributed by atoms with Crippen LogP contribution in [0.4, 0.5) is 13.2 Å². The number of hydrogen-bond donors (Lipinski definition) is 1.